The van der Waals surface area contributed by atoms with Crippen molar-refractivity contribution in [3.8, 4) is 0 Å². The zero-order valence-electron chi connectivity index (χ0n) is 11.8. The Morgan fingerprint density at radius 1 is 1.33 bits per heavy atom. The molecule has 0 saturated carbocycles. The molecule has 5 heteroatoms. The zero-order chi connectivity index (χ0) is 15.1. The van der Waals surface area contributed by atoms with Crippen molar-refractivity contribution in [2.45, 2.75) is 18.9 Å². The average Bonchev–Trinajstić information content (AvgIpc) is 3.00. The van der Waals surface area contributed by atoms with Crippen molar-refractivity contribution in [1.82, 2.24) is 5.32 Å². The van der Waals surface area contributed by atoms with Gasteiger partial charge in [-0.15, -0.1) is 11.3 Å². The molecule has 0 bridgehead atoms. The molecule has 0 aliphatic rings. The first-order chi connectivity index (χ1) is 10.2. The molecule has 0 aliphatic heterocycles. The van der Waals surface area contributed by atoms with Gasteiger partial charge in [-0.25, -0.2) is 0 Å². The predicted octanol–water partition coefficient (Wildman–Crippen LogP) is 4.03. The highest BCUT2D eigenvalue weighted by atomic mass is 35.5. The Morgan fingerprint density at radius 3 is 2.71 bits per heavy atom. The number of hydrogen-bond donors (Lipinski definition) is 1. The van der Waals surface area contributed by atoms with Crippen molar-refractivity contribution < 1.29 is 9.53 Å². The number of carbonyl (C=O) groups is 1. The summed E-state index contributed by atoms with van der Waals surface area (Å²) in [5.74, 6) is 0.0281. The molecular weight excluding hydrogens is 306 g/mol. The van der Waals surface area contributed by atoms with Crippen molar-refractivity contribution in [3.05, 3.63) is 57.2 Å². The van der Waals surface area contributed by atoms with Gasteiger partial charge in [-0.1, -0.05) is 29.8 Å². The predicted molar refractivity (Wildman–Crippen MR) is 86.9 cm³/mol. The highest BCUT2D eigenvalue weighted by Gasteiger charge is 2.17. The maximum atomic E-state index is 12.1. The number of carbonyl (C=O) groups excluding carboxylic acids is 1. The number of rotatable bonds is 7. The van der Waals surface area contributed by atoms with Crippen LogP contribution in [0.3, 0.4) is 0 Å². The quantitative estimate of drug-likeness (QED) is 0.781. The minimum atomic E-state index is -0.127. The lowest BCUT2D eigenvalue weighted by Crippen LogP contribution is -2.28. The standard InChI is InChI=1S/C16H18ClNO2S/c1-20-10-2-5-15(19)18-16(14-4-3-11-21-14)12-6-8-13(17)9-7-12/h3-4,6-9,11,16H,2,5,10H2,1H3,(H,18,19). The number of nitrogens with one attached hydrogen (secondary N) is 1. The molecule has 2 rings (SSSR count). The summed E-state index contributed by atoms with van der Waals surface area (Å²) in [6, 6.07) is 11.5. The topological polar surface area (TPSA) is 38.3 Å². The molecule has 1 N–H and O–H groups in total. The normalized spacial score (nSPS) is 12.1. The molecule has 2 aromatic rings. The second-order valence-corrected chi connectivity index (χ2v) is 6.08. The van der Waals surface area contributed by atoms with Gasteiger partial charge >= 0.3 is 0 Å². The van der Waals surface area contributed by atoms with Gasteiger partial charge < -0.3 is 10.1 Å². The molecular formula is C16H18ClNO2S. The first-order valence-corrected chi connectivity index (χ1v) is 8.03. The van der Waals surface area contributed by atoms with E-state index in [1.807, 2.05) is 41.8 Å². The Bertz CT molecular complexity index is 554. The molecule has 1 unspecified atom stereocenters. The number of amides is 1. The SMILES string of the molecule is COCCCC(=O)NC(c1ccc(Cl)cc1)c1cccs1. The van der Waals surface area contributed by atoms with Gasteiger partial charge in [0, 0.05) is 30.0 Å². The largest absolute Gasteiger partial charge is 0.385 e. The summed E-state index contributed by atoms with van der Waals surface area (Å²) in [5, 5.41) is 5.79. The summed E-state index contributed by atoms with van der Waals surface area (Å²) in [7, 11) is 1.64. The average molecular weight is 324 g/mol. The van der Waals surface area contributed by atoms with Gasteiger partial charge in [0.1, 0.15) is 0 Å². The molecule has 0 spiro atoms. The van der Waals surface area contributed by atoms with E-state index >= 15 is 0 Å². The second-order valence-electron chi connectivity index (χ2n) is 4.66. The summed E-state index contributed by atoms with van der Waals surface area (Å²) >= 11 is 7.56. The smallest absolute Gasteiger partial charge is 0.220 e. The Morgan fingerprint density at radius 2 is 2.10 bits per heavy atom. The lowest BCUT2D eigenvalue weighted by molar-refractivity contribution is -0.121. The number of thiophene rings is 1. The maximum Gasteiger partial charge on any atom is 0.220 e. The molecule has 1 amide bonds. The summed E-state index contributed by atoms with van der Waals surface area (Å²) in [6.45, 7) is 0.595. The van der Waals surface area contributed by atoms with Crippen LogP contribution in [0.2, 0.25) is 5.02 Å². The van der Waals surface area contributed by atoms with Crippen LogP contribution in [-0.2, 0) is 9.53 Å². The third kappa shape index (κ3) is 4.84. The van der Waals surface area contributed by atoms with E-state index in [9.17, 15) is 4.79 Å². The van der Waals surface area contributed by atoms with Crippen molar-refractivity contribution in [3.63, 3.8) is 0 Å². The molecule has 1 aromatic carbocycles. The summed E-state index contributed by atoms with van der Waals surface area (Å²) in [6.07, 6.45) is 1.18. The molecule has 3 nitrogen and oxygen atoms in total. The molecule has 0 radical (unpaired) electrons. The molecule has 112 valence electrons. The molecule has 0 aliphatic carbocycles. The van der Waals surface area contributed by atoms with Gasteiger partial charge in [0.15, 0.2) is 0 Å². The molecule has 1 aromatic heterocycles. The van der Waals surface area contributed by atoms with Gasteiger partial charge in [-0.2, -0.15) is 0 Å². The molecule has 0 fully saturated rings. The number of benzene rings is 1. The van der Waals surface area contributed by atoms with Crippen LogP contribution in [0.5, 0.6) is 0 Å². The van der Waals surface area contributed by atoms with Crippen LogP contribution in [0.25, 0.3) is 0 Å². The fraction of sp³-hybridized carbons (Fsp3) is 0.312. The van der Waals surface area contributed by atoms with E-state index in [-0.39, 0.29) is 11.9 Å². The highest BCUT2D eigenvalue weighted by Crippen LogP contribution is 2.27. The van der Waals surface area contributed by atoms with E-state index in [0.717, 1.165) is 16.9 Å². The van der Waals surface area contributed by atoms with Crippen LogP contribution in [0.15, 0.2) is 41.8 Å². The Labute approximate surface area is 133 Å². The van der Waals surface area contributed by atoms with Crippen LogP contribution in [0.4, 0.5) is 0 Å². The van der Waals surface area contributed by atoms with Gasteiger partial charge in [-0.3, -0.25) is 4.79 Å². The van der Waals surface area contributed by atoms with Gasteiger partial charge in [-0.05, 0) is 35.6 Å². The molecule has 1 heterocycles. The fourth-order valence-electron chi connectivity index (χ4n) is 2.04. The van der Waals surface area contributed by atoms with Crippen molar-refractivity contribution in [2.75, 3.05) is 13.7 Å². The number of halogens is 1. The van der Waals surface area contributed by atoms with Crippen LogP contribution in [0, 0.1) is 0 Å². The minimum absolute atomic E-state index is 0.0281. The second kappa shape index (κ2) is 8.17. The number of methoxy groups -OCH3 is 1. The lowest BCUT2D eigenvalue weighted by atomic mass is 10.1. The first-order valence-electron chi connectivity index (χ1n) is 6.78. The van der Waals surface area contributed by atoms with E-state index in [1.54, 1.807) is 18.4 Å². The van der Waals surface area contributed by atoms with Gasteiger partial charge in [0.2, 0.25) is 5.91 Å². The lowest BCUT2D eigenvalue weighted by Gasteiger charge is -2.18. The highest BCUT2D eigenvalue weighted by molar-refractivity contribution is 7.10. The third-order valence-electron chi connectivity index (χ3n) is 3.09. The minimum Gasteiger partial charge on any atom is -0.385 e. The Kier molecular flexibility index (Phi) is 6.23. The fourth-order valence-corrected chi connectivity index (χ4v) is 2.97. The van der Waals surface area contributed by atoms with Crippen LogP contribution in [-0.4, -0.2) is 19.6 Å². The Balaban J connectivity index is 2.10. The van der Waals surface area contributed by atoms with E-state index < -0.39 is 0 Å². The van der Waals surface area contributed by atoms with Crippen LogP contribution in [0.1, 0.15) is 29.3 Å². The zero-order valence-corrected chi connectivity index (χ0v) is 13.4. The molecule has 0 saturated heterocycles. The number of ether oxygens (including phenoxy) is 1. The molecule has 1 atom stereocenters. The van der Waals surface area contributed by atoms with Crippen molar-refractivity contribution in [2.24, 2.45) is 0 Å². The Hall–Kier alpha value is -1.36. The van der Waals surface area contributed by atoms with E-state index in [1.165, 1.54) is 0 Å². The third-order valence-corrected chi connectivity index (χ3v) is 4.28. The summed E-state index contributed by atoms with van der Waals surface area (Å²) in [5.41, 5.74) is 1.03. The van der Waals surface area contributed by atoms with Crippen molar-refractivity contribution in [1.29, 1.82) is 0 Å². The van der Waals surface area contributed by atoms with E-state index in [4.69, 9.17) is 16.3 Å². The van der Waals surface area contributed by atoms with Gasteiger partial charge in [0.05, 0.1) is 6.04 Å². The first kappa shape index (κ1) is 16.0. The van der Waals surface area contributed by atoms with Crippen LogP contribution < -0.4 is 5.32 Å². The van der Waals surface area contributed by atoms with Gasteiger partial charge in [0.25, 0.3) is 0 Å². The monoisotopic (exact) mass is 323 g/mol. The van der Waals surface area contributed by atoms with Crippen molar-refractivity contribution >= 4 is 28.8 Å². The van der Waals surface area contributed by atoms with E-state index in [0.29, 0.717) is 18.1 Å². The number of hydrogen-bond acceptors (Lipinski definition) is 3. The van der Waals surface area contributed by atoms with E-state index in [2.05, 4.69) is 5.32 Å². The van der Waals surface area contributed by atoms with Crippen LogP contribution >= 0.6 is 22.9 Å². The molecule has 21 heavy (non-hydrogen) atoms. The summed E-state index contributed by atoms with van der Waals surface area (Å²) in [4.78, 5) is 13.2. The summed E-state index contributed by atoms with van der Waals surface area (Å²) < 4.78 is 4.97. The maximum absolute atomic E-state index is 12.1.